The van der Waals surface area contributed by atoms with E-state index in [9.17, 15) is 39.6 Å². The molecule has 0 aliphatic carbocycles. The Labute approximate surface area is 231 Å². The molecule has 0 amide bonds. The van der Waals surface area contributed by atoms with Gasteiger partial charge < -0.3 is 49.4 Å². The van der Waals surface area contributed by atoms with Gasteiger partial charge in [0.2, 0.25) is 0 Å². The van der Waals surface area contributed by atoms with E-state index in [0.717, 1.165) is 0 Å². The molecular formula is C15H24N2Na3O8-. The second-order valence-corrected chi connectivity index (χ2v) is 5.17. The molecule has 0 bridgehead atoms. The number of hydrogen-bond donors (Lipinski definition) is 0. The van der Waals surface area contributed by atoms with Crippen molar-refractivity contribution >= 4 is 23.9 Å². The van der Waals surface area contributed by atoms with Crippen molar-refractivity contribution in [3.8, 4) is 0 Å². The molecule has 0 saturated carbocycles. The van der Waals surface area contributed by atoms with Crippen molar-refractivity contribution in [2.45, 2.75) is 33.1 Å². The van der Waals surface area contributed by atoms with Gasteiger partial charge in [0.15, 0.2) is 0 Å². The summed E-state index contributed by atoms with van der Waals surface area (Å²) >= 11 is 0. The monoisotopic (exact) mass is 429 g/mol. The number of aliphatic carboxylic acids is 4. The van der Waals surface area contributed by atoms with Gasteiger partial charge in [-0.25, -0.2) is 0 Å². The van der Waals surface area contributed by atoms with Gasteiger partial charge in [0.25, 0.3) is 0 Å². The van der Waals surface area contributed by atoms with Crippen LogP contribution in [0.15, 0.2) is 0 Å². The first-order valence-electron chi connectivity index (χ1n) is 7.44. The van der Waals surface area contributed by atoms with E-state index < -0.39 is 23.9 Å². The van der Waals surface area contributed by atoms with Crippen LogP contribution in [0, 0.1) is 0 Å². The number of carbonyl (C=O) groups excluding carboxylic acids is 4. The Hall–Kier alpha value is 0.800. The molecule has 146 valence electrons. The summed E-state index contributed by atoms with van der Waals surface area (Å²) in [5.74, 6) is -5.11. The van der Waals surface area contributed by atoms with E-state index in [0.29, 0.717) is 0 Å². The molecule has 0 saturated heterocycles. The molecule has 28 heavy (non-hydrogen) atoms. The maximum Gasteiger partial charge on any atom is 1.00 e. The number of carboxylic acids is 4. The molecule has 0 aromatic heterocycles. The normalized spacial score (nSPS) is 9.36. The minimum atomic E-state index is -1.28. The molecule has 0 aliphatic heterocycles. The van der Waals surface area contributed by atoms with Crippen molar-refractivity contribution in [3.63, 3.8) is 0 Å². The van der Waals surface area contributed by atoms with E-state index in [1.54, 1.807) is 9.80 Å². The Balaban J connectivity index is -0.000000441. The topological polar surface area (TPSA) is 167 Å². The number of carboxylic acid groups (broad SMARTS) is 4. The van der Waals surface area contributed by atoms with Gasteiger partial charge in [-0.1, -0.05) is 7.43 Å². The summed E-state index contributed by atoms with van der Waals surface area (Å²) in [4.78, 5) is 45.2. The van der Waals surface area contributed by atoms with Gasteiger partial charge >= 0.3 is 88.7 Å². The first kappa shape index (κ1) is 39.3. The zero-order valence-corrected chi connectivity index (χ0v) is 22.2. The smallest absolute Gasteiger partial charge is 0.550 e. The minimum Gasteiger partial charge on any atom is -0.550 e. The Morgan fingerprint density at radius 1 is 0.464 bits per heavy atom. The third-order valence-corrected chi connectivity index (χ3v) is 3.26. The fourth-order valence-corrected chi connectivity index (χ4v) is 1.95. The standard InChI is InChI=1S/C14H24N2O8.CH4.3Na/c17-11(18)1-5-15(6-2-12(19)20)9-10-16(7-3-13(21)22)8-4-14(23)24;;;;/h1-10H2,(H,17,18)(H,19,20)(H,21,22)(H,23,24);1H4;;;/q;;3*+1/p-4. The average Bonchev–Trinajstić information content (AvgIpc) is 2.47. The summed E-state index contributed by atoms with van der Waals surface area (Å²) in [6.07, 6.45) is -1.15. The van der Waals surface area contributed by atoms with Crippen LogP contribution in [0.25, 0.3) is 0 Å². The van der Waals surface area contributed by atoms with Crippen LogP contribution >= 0.6 is 0 Å². The summed E-state index contributed by atoms with van der Waals surface area (Å²) in [5, 5.41) is 42.1. The maximum absolute atomic E-state index is 10.5. The van der Waals surface area contributed by atoms with Gasteiger partial charge in [-0.3, -0.25) is 0 Å². The minimum absolute atomic E-state index is 0. The third kappa shape index (κ3) is 26.8. The van der Waals surface area contributed by atoms with E-state index in [4.69, 9.17) is 0 Å². The van der Waals surface area contributed by atoms with E-state index in [1.807, 2.05) is 0 Å². The Morgan fingerprint density at radius 3 is 0.786 bits per heavy atom. The predicted octanol–water partition coefficient (Wildman–Crippen LogP) is -14.2. The van der Waals surface area contributed by atoms with Crippen molar-refractivity contribution in [1.82, 2.24) is 9.80 Å². The summed E-state index contributed by atoms with van der Waals surface area (Å²) in [5.41, 5.74) is 0. The number of nitrogens with zero attached hydrogens (tertiary/aromatic N) is 2. The van der Waals surface area contributed by atoms with Crippen molar-refractivity contribution in [1.29, 1.82) is 0 Å². The maximum atomic E-state index is 10.5. The molecule has 0 N–H and O–H groups in total. The summed E-state index contributed by atoms with van der Waals surface area (Å²) in [6.45, 7) is 0.713. The van der Waals surface area contributed by atoms with Crippen LogP contribution in [0.2, 0.25) is 0 Å². The molecule has 0 unspecified atom stereocenters. The quantitative estimate of drug-likeness (QED) is 0.228. The van der Waals surface area contributed by atoms with Crippen molar-refractivity contribution in [2.75, 3.05) is 39.3 Å². The van der Waals surface area contributed by atoms with Gasteiger partial charge in [0.1, 0.15) is 0 Å². The zero-order valence-electron chi connectivity index (χ0n) is 16.2. The van der Waals surface area contributed by atoms with Crippen LogP contribution in [-0.2, 0) is 19.2 Å². The van der Waals surface area contributed by atoms with E-state index in [2.05, 4.69) is 0 Å². The molecule has 10 nitrogen and oxygen atoms in total. The number of hydrogen-bond acceptors (Lipinski definition) is 10. The summed E-state index contributed by atoms with van der Waals surface area (Å²) < 4.78 is 0. The second-order valence-electron chi connectivity index (χ2n) is 5.17. The van der Waals surface area contributed by atoms with Crippen LogP contribution in [0.4, 0.5) is 0 Å². The van der Waals surface area contributed by atoms with Crippen LogP contribution in [0.1, 0.15) is 33.1 Å². The van der Waals surface area contributed by atoms with Crippen LogP contribution in [0.3, 0.4) is 0 Å². The van der Waals surface area contributed by atoms with E-state index in [1.165, 1.54) is 0 Å². The van der Waals surface area contributed by atoms with Crippen LogP contribution in [-0.4, -0.2) is 72.9 Å². The van der Waals surface area contributed by atoms with Gasteiger partial charge in [0.05, 0.1) is 0 Å². The molecule has 0 fully saturated rings. The van der Waals surface area contributed by atoms with Gasteiger partial charge in [-0.2, -0.15) is 0 Å². The van der Waals surface area contributed by atoms with Gasteiger partial charge in [-0.15, -0.1) is 0 Å². The van der Waals surface area contributed by atoms with Gasteiger partial charge in [-0.05, 0) is 25.7 Å². The fourth-order valence-electron chi connectivity index (χ4n) is 1.95. The molecule has 0 atom stereocenters. The molecule has 13 heteroatoms. The van der Waals surface area contributed by atoms with Crippen molar-refractivity contribution < 1.29 is 128 Å². The molecule has 0 radical (unpaired) electrons. The zero-order chi connectivity index (χ0) is 18.5. The molecule has 0 aromatic rings. The second kappa shape index (κ2) is 24.1. The predicted molar refractivity (Wildman–Crippen MR) is 78.1 cm³/mol. The molecule has 0 aromatic carbocycles. The van der Waals surface area contributed by atoms with Crippen LogP contribution < -0.4 is 109 Å². The van der Waals surface area contributed by atoms with Crippen molar-refractivity contribution in [3.05, 3.63) is 0 Å². The SMILES string of the molecule is C.O=C([O-])CCN(CCC(=O)[O-])CCN(CCC(=O)[O-])CCC(=O)[O-].[Na+].[Na+].[Na+]. The molecule has 0 heterocycles. The van der Waals surface area contributed by atoms with Crippen LogP contribution in [0.5, 0.6) is 0 Å². The van der Waals surface area contributed by atoms with E-state index >= 15 is 0 Å². The Morgan fingerprint density at radius 2 is 0.643 bits per heavy atom. The molecule has 0 spiro atoms. The van der Waals surface area contributed by atoms with Gasteiger partial charge in [0, 0.05) is 63.1 Å². The molecule has 0 aliphatic rings. The number of carbonyl (C=O) groups is 4. The summed E-state index contributed by atoms with van der Waals surface area (Å²) in [6, 6.07) is 0. The Bertz CT molecular complexity index is 379. The Kier molecular flexibility index (Phi) is 33.8. The largest absolute Gasteiger partial charge is 1.00 e. The summed E-state index contributed by atoms with van der Waals surface area (Å²) in [7, 11) is 0. The average molecular weight is 429 g/mol. The fraction of sp³-hybridized carbons (Fsp3) is 0.733. The van der Waals surface area contributed by atoms with Crippen molar-refractivity contribution in [2.24, 2.45) is 0 Å². The number of rotatable bonds is 15. The van der Waals surface area contributed by atoms with E-state index in [-0.39, 0.29) is 161 Å². The third-order valence-electron chi connectivity index (χ3n) is 3.26. The molecular weight excluding hydrogens is 405 g/mol. The first-order chi connectivity index (χ1) is 11.2. The first-order valence-corrected chi connectivity index (χ1v) is 7.44. The molecule has 0 rings (SSSR count).